The molecule has 6 heteroatoms. The lowest BCUT2D eigenvalue weighted by Crippen LogP contribution is -2.41. The van der Waals surface area contributed by atoms with Gasteiger partial charge in [-0.3, -0.25) is 4.79 Å². The Bertz CT molecular complexity index is 376. The van der Waals surface area contributed by atoms with E-state index in [2.05, 4.69) is 0 Å². The zero-order chi connectivity index (χ0) is 11.8. The van der Waals surface area contributed by atoms with E-state index in [1.165, 1.54) is 0 Å². The minimum atomic E-state index is -2.97. The van der Waals surface area contributed by atoms with E-state index in [1.54, 1.807) is 4.90 Å². The van der Waals surface area contributed by atoms with Crippen molar-refractivity contribution in [1.29, 1.82) is 0 Å². The van der Waals surface area contributed by atoms with Gasteiger partial charge in [0.1, 0.15) is 0 Å². The van der Waals surface area contributed by atoms with Crippen LogP contribution in [0.2, 0.25) is 0 Å². The Kier molecular flexibility index (Phi) is 3.21. The zero-order valence-corrected chi connectivity index (χ0v) is 10.1. The van der Waals surface area contributed by atoms with Crippen molar-refractivity contribution in [3.8, 4) is 0 Å². The van der Waals surface area contributed by atoms with Crippen molar-refractivity contribution >= 4 is 15.7 Å². The lowest BCUT2D eigenvalue weighted by Gasteiger charge is -2.24. The third kappa shape index (κ3) is 2.55. The second-order valence-electron chi connectivity index (χ2n) is 4.65. The highest BCUT2D eigenvalue weighted by Gasteiger charge is 2.39. The normalized spacial score (nSPS) is 27.9. The van der Waals surface area contributed by atoms with Gasteiger partial charge in [0.05, 0.1) is 17.4 Å². The second-order valence-corrected chi connectivity index (χ2v) is 6.88. The third-order valence-electron chi connectivity index (χ3n) is 3.22. The number of amides is 1. The molecule has 0 aromatic carbocycles. The lowest BCUT2D eigenvalue weighted by atomic mass is 10.1. The van der Waals surface area contributed by atoms with E-state index in [4.69, 9.17) is 5.73 Å². The highest BCUT2D eigenvalue weighted by Crippen LogP contribution is 2.30. The van der Waals surface area contributed by atoms with Crippen LogP contribution in [0.3, 0.4) is 0 Å². The molecule has 1 unspecified atom stereocenters. The Labute approximate surface area is 95.9 Å². The molecule has 2 N–H and O–H groups in total. The molecule has 1 aliphatic carbocycles. The van der Waals surface area contributed by atoms with Crippen molar-refractivity contribution in [3.63, 3.8) is 0 Å². The molecular weight excluding hydrogens is 228 g/mol. The average Bonchev–Trinajstić information content (AvgIpc) is 2.98. The fourth-order valence-corrected chi connectivity index (χ4v) is 3.95. The van der Waals surface area contributed by atoms with Gasteiger partial charge in [-0.2, -0.15) is 0 Å². The fraction of sp³-hybridized carbons (Fsp3) is 0.900. The number of nitrogens with two attached hydrogens (primary N) is 1. The maximum atomic E-state index is 12.1. The number of carbonyl (C=O) groups excluding carboxylic acids is 1. The van der Waals surface area contributed by atoms with Gasteiger partial charge in [0.25, 0.3) is 0 Å². The molecular formula is C10H18N2O3S. The van der Waals surface area contributed by atoms with Crippen molar-refractivity contribution in [3.05, 3.63) is 0 Å². The van der Waals surface area contributed by atoms with Gasteiger partial charge in [-0.1, -0.05) is 0 Å². The van der Waals surface area contributed by atoms with Crippen molar-refractivity contribution in [2.75, 3.05) is 24.6 Å². The summed E-state index contributed by atoms with van der Waals surface area (Å²) < 4.78 is 22.6. The largest absolute Gasteiger partial charge is 0.338 e. The zero-order valence-electron chi connectivity index (χ0n) is 9.26. The minimum absolute atomic E-state index is 0.00553. The Balaban J connectivity index is 2.00. The molecule has 2 aliphatic rings. The van der Waals surface area contributed by atoms with Gasteiger partial charge in [-0.15, -0.1) is 0 Å². The Morgan fingerprint density at radius 1 is 1.31 bits per heavy atom. The Morgan fingerprint density at radius 3 is 2.44 bits per heavy atom. The first-order valence-corrected chi connectivity index (χ1v) is 7.56. The summed E-state index contributed by atoms with van der Waals surface area (Å²) in [6.07, 6.45) is 2.55. The smallest absolute Gasteiger partial charge is 0.227 e. The van der Waals surface area contributed by atoms with Crippen molar-refractivity contribution in [2.45, 2.75) is 25.3 Å². The number of hydrogen-bond donors (Lipinski definition) is 1. The highest BCUT2D eigenvalue weighted by molar-refractivity contribution is 7.91. The Hall–Kier alpha value is -0.620. The van der Waals surface area contributed by atoms with Crippen LogP contribution in [0.15, 0.2) is 0 Å². The number of rotatable bonds is 4. The van der Waals surface area contributed by atoms with Crippen LogP contribution in [-0.2, 0) is 14.6 Å². The van der Waals surface area contributed by atoms with E-state index in [0.717, 1.165) is 12.8 Å². The van der Waals surface area contributed by atoms with Crippen LogP contribution in [0.5, 0.6) is 0 Å². The summed E-state index contributed by atoms with van der Waals surface area (Å²) in [5.74, 6) is -0.143. The van der Waals surface area contributed by atoms with Crippen LogP contribution in [0.25, 0.3) is 0 Å². The van der Waals surface area contributed by atoms with E-state index in [9.17, 15) is 13.2 Å². The maximum absolute atomic E-state index is 12.1. The summed E-state index contributed by atoms with van der Waals surface area (Å²) in [6.45, 7) is 1.00. The van der Waals surface area contributed by atoms with Gasteiger partial charge in [0.15, 0.2) is 9.84 Å². The monoisotopic (exact) mass is 246 g/mol. The predicted molar refractivity (Wildman–Crippen MR) is 60.6 cm³/mol. The molecule has 0 aromatic heterocycles. The van der Waals surface area contributed by atoms with Crippen LogP contribution in [0, 0.1) is 5.92 Å². The standard InChI is InChI=1S/C10H18N2O3S/c11-4-5-12(9-1-2-9)10(13)8-3-6-16(14,15)7-8/h8-9H,1-7,11H2. The summed E-state index contributed by atoms with van der Waals surface area (Å²) in [7, 11) is -2.97. The van der Waals surface area contributed by atoms with E-state index in [0.29, 0.717) is 25.6 Å². The van der Waals surface area contributed by atoms with Gasteiger partial charge in [0.2, 0.25) is 5.91 Å². The maximum Gasteiger partial charge on any atom is 0.227 e. The molecule has 1 saturated carbocycles. The first-order valence-electron chi connectivity index (χ1n) is 5.74. The number of hydrogen-bond acceptors (Lipinski definition) is 4. The van der Waals surface area contributed by atoms with E-state index in [-0.39, 0.29) is 23.3 Å². The summed E-state index contributed by atoms with van der Waals surface area (Å²) in [4.78, 5) is 13.9. The van der Waals surface area contributed by atoms with E-state index >= 15 is 0 Å². The number of sulfone groups is 1. The highest BCUT2D eigenvalue weighted by atomic mass is 32.2. The minimum Gasteiger partial charge on any atom is -0.338 e. The predicted octanol–water partition coefficient (Wildman–Crippen LogP) is -0.629. The molecule has 1 atom stereocenters. The van der Waals surface area contributed by atoms with E-state index < -0.39 is 9.84 Å². The number of carbonyl (C=O) groups is 1. The van der Waals surface area contributed by atoms with Crippen LogP contribution < -0.4 is 5.73 Å². The summed E-state index contributed by atoms with van der Waals surface area (Å²) >= 11 is 0. The van der Waals surface area contributed by atoms with E-state index in [1.807, 2.05) is 0 Å². The quantitative estimate of drug-likeness (QED) is 0.716. The molecule has 0 spiro atoms. The van der Waals surface area contributed by atoms with Crippen LogP contribution >= 0.6 is 0 Å². The molecule has 0 radical (unpaired) electrons. The first kappa shape index (κ1) is 11.9. The SMILES string of the molecule is NCCN(C(=O)C1CCS(=O)(=O)C1)C1CC1. The van der Waals surface area contributed by atoms with Crippen molar-refractivity contribution in [2.24, 2.45) is 11.7 Å². The Morgan fingerprint density at radius 2 is 2.00 bits per heavy atom. The molecule has 1 heterocycles. The van der Waals surface area contributed by atoms with Gasteiger partial charge in [-0.25, -0.2) is 8.42 Å². The molecule has 16 heavy (non-hydrogen) atoms. The van der Waals surface area contributed by atoms with Crippen LogP contribution in [-0.4, -0.2) is 49.9 Å². The van der Waals surface area contributed by atoms with Crippen molar-refractivity contribution < 1.29 is 13.2 Å². The second kappa shape index (κ2) is 4.33. The number of nitrogens with zero attached hydrogens (tertiary/aromatic N) is 1. The summed E-state index contributed by atoms with van der Waals surface area (Å²) in [5.41, 5.74) is 5.47. The molecule has 92 valence electrons. The fourth-order valence-electron chi connectivity index (χ4n) is 2.22. The molecule has 1 aliphatic heterocycles. The van der Waals surface area contributed by atoms with Gasteiger partial charge < -0.3 is 10.6 Å². The van der Waals surface area contributed by atoms with Gasteiger partial charge in [-0.05, 0) is 19.3 Å². The molecule has 0 bridgehead atoms. The van der Waals surface area contributed by atoms with Crippen LogP contribution in [0.1, 0.15) is 19.3 Å². The average molecular weight is 246 g/mol. The molecule has 5 nitrogen and oxygen atoms in total. The van der Waals surface area contributed by atoms with Crippen LogP contribution in [0.4, 0.5) is 0 Å². The van der Waals surface area contributed by atoms with Gasteiger partial charge >= 0.3 is 0 Å². The lowest BCUT2D eigenvalue weighted by molar-refractivity contribution is -0.135. The molecule has 1 amide bonds. The summed E-state index contributed by atoms with van der Waals surface area (Å²) in [6, 6.07) is 0.319. The molecule has 0 aromatic rings. The molecule has 2 rings (SSSR count). The summed E-state index contributed by atoms with van der Waals surface area (Å²) in [5, 5.41) is 0. The van der Waals surface area contributed by atoms with Crippen molar-refractivity contribution in [1.82, 2.24) is 4.90 Å². The first-order chi connectivity index (χ1) is 7.53. The third-order valence-corrected chi connectivity index (χ3v) is 4.99. The van der Waals surface area contributed by atoms with Gasteiger partial charge in [0, 0.05) is 19.1 Å². The molecule has 1 saturated heterocycles. The molecule has 2 fully saturated rings. The topological polar surface area (TPSA) is 80.5 Å².